The third-order valence-electron chi connectivity index (χ3n) is 15.5. The molecule has 14 nitrogen and oxygen atoms in total. The van der Waals surface area contributed by atoms with Gasteiger partial charge in [-0.2, -0.15) is 0 Å². The number of esters is 3. The Morgan fingerprint density at radius 1 is 1.00 bits per heavy atom. The van der Waals surface area contributed by atoms with E-state index in [9.17, 15) is 19.5 Å². The molecule has 368 valence electrons. The van der Waals surface area contributed by atoms with Crippen molar-refractivity contribution in [1.82, 2.24) is 5.32 Å². The normalized spacial score (nSPS) is 33.5. The number of aliphatic hydroxyl groups is 1. The molecular formula is C50H74FNO13Si. The zero-order chi connectivity index (χ0) is 49.1. The van der Waals surface area contributed by atoms with Gasteiger partial charge in [-0.3, -0.25) is 4.79 Å². The van der Waals surface area contributed by atoms with Gasteiger partial charge in [0, 0.05) is 24.2 Å². The summed E-state index contributed by atoms with van der Waals surface area (Å²) in [6.45, 7) is 28.7. The average molecular weight is 944 g/mol. The summed E-state index contributed by atoms with van der Waals surface area (Å²) in [7, 11) is -3.02. The van der Waals surface area contributed by atoms with Gasteiger partial charge in [-0.1, -0.05) is 87.1 Å². The predicted octanol–water partition coefficient (Wildman–Crippen LogP) is 8.45. The quantitative estimate of drug-likeness (QED) is 0.0788. The third kappa shape index (κ3) is 8.80. The van der Waals surface area contributed by atoms with Crippen molar-refractivity contribution in [3.05, 3.63) is 59.7 Å². The lowest BCUT2D eigenvalue weighted by atomic mass is 9.45. The van der Waals surface area contributed by atoms with Crippen LogP contribution in [0.1, 0.15) is 127 Å². The van der Waals surface area contributed by atoms with E-state index >= 15 is 9.18 Å². The van der Waals surface area contributed by atoms with Gasteiger partial charge in [0.2, 0.25) is 8.32 Å². The van der Waals surface area contributed by atoms with Gasteiger partial charge >= 0.3 is 24.0 Å². The number of nitrogens with one attached hydrogen (secondary N) is 1. The Morgan fingerprint density at radius 3 is 2.14 bits per heavy atom. The molecule has 12 atom stereocenters. The van der Waals surface area contributed by atoms with Crippen LogP contribution >= 0.6 is 0 Å². The lowest BCUT2D eigenvalue weighted by Gasteiger charge is -2.68. The van der Waals surface area contributed by atoms with Gasteiger partial charge in [0.1, 0.15) is 42.3 Å². The van der Waals surface area contributed by atoms with Crippen LogP contribution < -0.4 is 5.32 Å². The van der Waals surface area contributed by atoms with Crippen LogP contribution in [-0.4, -0.2) is 116 Å². The van der Waals surface area contributed by atoms with Crippen molar-refractivity contribution >= 4 is 32.3 Å². The van der Waals surface area contributed by atoms with Crippen molar-refractivity contribution in [2.45, 2.75) is 199 Å². The summed E-state index contributed by atoms with van der Waals surface area (Å²) in [4.78, 5) is 56.2. The summed E-state index contributed by atoms with van der Waals surface area (Å²) in [5.41, 5.74) is -5.56. The fraction of sp³-hybridized carbons (Fsp3) is 0.720. The number of alkyl carbamates (subject to hydrolysis) is 1. The van der Waals surface area contributed by atoms with Gasteiger partial charge in [-0.25, -0.2) is 18.8 Å². The third-order valence-corrected chi connectivity index (χ3v) is 21.6. The lowest BCUT2D eigenvalue weighted by molar-refractivity contribution is -0.345. The number of carbonyl (C=O) groups is 4. The van der Waals surface area contributed by atoms with E-state index in [1.54, 1.807) is 58.0 Å². The molecule has 0 unspecified atom stereocenters. The minimum absolute atomic E-state index is 0.0435. The van der Waals surface area contributed by atoms with E-state index in [-0.39, 0.29) is 35.2 Å². The number of ether oxygens (including phenoxy) is 7. The topological polar surface area (TPSA) is 174 Å². The van der Waals surface area contributed by atoms with Crippen LogP contribution in [0.4, 0.5) is 9.18 Å². The van der Waals surface area contributed by atoms with Crippen LogP contribution in [0.2, 0.25) is 16.6 Å². The number of hydrogen-bond donors (Lipinski definition) is 2. The van der Waals surface area contributed by atoms with E-state index in [2.05, 4.69) is 11.9 Å². The van der Waals surface area contributed by atoms with Gasteiger partial charge in [-0.15, -0.1) is 0 Å². The molecule has 6 rings (SSSR count). The second-order valence-electron chi connectivity index (χ2n) is 21.8. The summed E-state index contributed by atoms with van der Waals surface area (Å²) in [5.74, 6) is -3.25. The average Bonchev–Trinajstić information content (AvgIpc) is 3.64. The molecule has 4 fully saturated rings. The molecule has 5 aliphatic rings. The monoisotopic (exact) mass is 943 g/mol. The van der Waals surface area contributed by atoms with Gasteiger partial charge in [0.15, 0.2) is 18.0 Å². The number of hydrogen-bond acceptors (Lipinski definition) is 13. The van der Waals surface area contributed by atoms with Crippen molar-refractivity contribution in [3.8, 4) is 0 Å². The maximum Gasteiger partial charge on any atom is 0.408 e. The van der Waals surface area contributed by atoms with E-state index in [1.807, 2.05) is 62.3 Å². The van der Waals surface area contributed by atoms with E-state index in [0.29, 0.717) is 24.0 Å². The molecule has 16 heteroatoms. The first-order chi connectivity index (χ1) is 30.6. The zero-order valence-corrected chi connectivity index (χ0v) is 42.4. The molecule has 2 bridgehead atoms. The fourth-order valence-corrected chi connectivity index (χ4v) is 18.1. The molecule has 0 radical (unpaired) electrons. The molecule has 2 saturated heterocycles. The molecule has 2 heterocycles. The SMILES string of the molecule is C=C[C@@H]1O[C@@H]2C3=C(C)[C@@H](OC(=O)[C@H](O[Si](C(C)C)(C(C)C)C(C)C)[C@H](CF)NC(=O)OC(C)(C)C)C[C@@](O)([C@@H](OC(=O)c4ccccc4)[C@H]4[C@@](C)(CC[C@H]5OC[C@]54OC(C)=O)[C@@H]2O1)C3(C)C. The van der Waals surface area contributed by atoms with Crippen LogP contribution in [0.15, 0.2) is 54.1 Å². The van der Waals surface area contributed by atoms with Gasteiger partial charge in [0.05, 0.1) is 30.2 Å². The predicted molar refractivity (Wildman–Crippen MR) is 245 cm³/mol. The van der Waals surface area contributed by atoms with Crippen molar-refractivity contribution in [2.75, 3.05) is 13.3 Å². The number of rotatable bonds is 14. The number of alkyl halides is 1. The smallest absolute Gasteiger partial charge is 0.408 e. The van der Waals surface area contributed by atoms with E-state index < -0.39 is 121 Å². The van der Waals surface area contributed by atoms with E-state index in [1.165, 1.54) is 13.0 Å². The summed E-state index contributed by atoms with van der Waals surface area (Å²) >= 11 is 0. The van der Waals surface area contributed by atoms with Crippen molar-refractivity contribution in [3.63, 3.8) is 0 Å². The van der Waals surface area contributed by atoms with Crippen LogP contribution in [0, 0.1) is 16.7 Å². The number of halogens is 1. The van der Waals surface area contributed by atoms with Gasteiger partial charge in [0.25, 0.3) is 0 Å². The highest BCUT2D eigenvalue weighted by Gasteiger charge is 2.77. The molecule has 3 aliphatic carbocycles. The molecule has 1 aromatic rings. The highest BCUT2D eigenvalue weighted by molar-refractivity contribution is 6.77. The minimum atomic E-state index is -3.02. The largest absolute Gasteiger partial charge is 0.456 e. The summed E-state index contributed by atoms with van der Waals surface area (Å²) < 4.78 is 67.4. The number of carbonyl (C=O) groups excluding carboxylic acids is 4. The van der Waals surface area contributed by atoms with Crippen molar-refractivity contribution in [2.24, 2.45) is 16.7 Å². The molecule has 1 aromatic carbocycles. The Labute approximate surface area is 391 Å². The van der Waals surface area contributed by atoms with Crippen molar-refractivity contribution in [1.29, 1.82) is 0 Å². The molecule has 2 aliphatic heterocycles. The minimum Gasteiger partial charge on any atom is -0.456 e. The molecule has 66 heavy (non-hydrogen) atoms. The standard InChI is InChI=1S/C50H74FNO13Si/c1-16-36-60-39-37-30(8)34(59-44(55)38(33(25-51)52-45(56)64-46(10,11)12)65-66(27(2)3,28(4)5)29(6)7)24-50(57,47(37,13)14)42(62-43(54)32-20-18-17-19-21-32)40-48(15,41(39)61-36)23-22-35-49(40,26-58-35)63-31(9)53/h16-21,27-29,33-36,38-42,57H,1,22-26H2,2-15H3,(H,52,56)/t33-,34-,35+,36+,38+,39+,40-,41+,42-,48+,49-,50+/m0/s1. The summed E-state index contributed by atoms with van der Waals surface area (Å²) in [5, 5.41) is 16.6. The summed E-state index contributed by atoms with van der Waals surface area (Å²) in [6, 6.07) is 6.87. The molecule has 0 aromatic heterocycles. The fourth-order valence-electron chi connectivity index (χ4n) is 12.5. The lowest BCUT2D eigenvalue weighted by Crippen LogP contribution is -2.79. The Kier molecular flexibility index (Phi) is 14.6. The number of amides is 1. The van der Waals surface area contributed by atoms with Crippen LogP contribution in [-0.2, 0) is 47.2 Å². The Bertz CT molecular complexity index is 2010. The second-order valence-corrected chi connectivity index (χ2v) is 27.2. The maximum atomic E-state index is 15.5. The number of fused-ring (bicyclic) bond motifs is 8. The van der Waals surface area contributed by atoms with Crippen molar-refractivity contribution < 1.29 is 66.3 Å². The number of benzene rings is 1. The highest BCUT2D eigenvalue weighted by Crippen LogP contribution is 2.67. The Balaban J connectivity index is 1.56. The second kappa shape index (κ2) is 18.7. The van der Waals surface area contributed by atoms with E-state index in [4.69, 9.17) is 37.6 Å². The van der Waals surface area contributed by atoms with Gasteiger partial charge in [-0.05, 0) is 86.5 Å². The van der Waals surface area contributed by atoms with Crippen LogP contribution in [0.25, 0.3) is 0 Å². The van der Waals surface area contributed by atoms with Crippen LogP contribution in [0.3, 0.4) is 0 Å². The Hall–Kier alpha value is -3.67. The molecule has 1 amide bonds. The maximum absolute atomic E-state index is 15.5. The molecular weight excluding hydrogens is 870 g/mol. The zero-order valence-electron chi connectivity index (χ0n) is 41.4. The first-order valence-corrected chi connectivity index (χ1v) is 25.7. The molecule has 2 saturated carbocycles. The first-order valence-electron chi connectivity index (χ1n) is 23.5. The van der Waals surface area contributed by atoms with Gasteiger partial charge < -0.3 is 48.0 Å². The molecule has 2 N–H and O–H groups in total. The highest BCUT2D eigenvalue weighted by atomic mass is 28.4. The first kappa shape index (κ1) is 51.7. The van der Waals surface area contributed by atoms with E-state index in [0.717, 1.165) is 0 Å². The Morgan fingerprint density at radius 2 is 1.62 bits per heavy atom. The van der Waals surface area contributed by atoms with Crippen LogP contribution in [0.5, 0.6) is 0 Å². The molecule has 0 spiro atoms. The summed E-state index contributed by atoms with van der Waals surface area (Å²) in [6.07, 6.45) is -6.32.